The Hall–Kier alpha value is -2.43. The fourth-order valence-corrected chi connectivity index (χ4v) is 3.87. The highest BCUT2D eigenvalue weighted by molar-refractivity contribution is 6.62. The molecule has 0 bridgehead atoms. The molecule has 1 aliphatic rings. The first kappa shape index (κ1) is 19.9. The van der Waals surface area contributed by atoms with E-state index in [4.69, 9.17) is 14.3 Å². The molecule has 1 atom stereocenters. The lowest BCUT2D eigenvalue weighted by molar-refractivity contribution is 0.00578. The van der Waals surface area contributed by atoms with Crippen molar-refractivity contribution < 1.29 is 9.31 Å². The van der Waals surface area contributed by atoms with Gasteiger partial charge < -0.3 is 9.31 Å². The second kappa shape index (κ2) is 7.12. The Labute approximate surface area is 174 Å². The van der Waals surface area contributed by atoms with Crippen LogP contribution in [0.1, 0.15) is 51.4 Å². The highest BCUT2D eigenvalue weighted by atomic mass is 16.7. The van der Waals surface area contributed by atoms with Gasteiger partial charge >= 0.3 is 7.12 Å². The van der Waals surface area contributed by atoms with Crippen LogP contribution < -0.4 is 5.46 Å². The van der Waals surface area contributed by atoms with Gasteiger partial charge in [0.05, 0.1) is 22.3 Å². The zero-order valence-electron chi connectivity index (χ0n) is 17.8. The molecule has 1 saturated heterocycles. The maximum absolute atomic E-state index is 6.29. The molecule has 0 amide bonds. The quantitative estimate of drug-likeness (QED) is 0.609. The summed E-state index contributed by atoms with van der Waals surface area (Å²) in [7, 11) is -0.385. The molecule has 4 rings (SSSR count). The van der Waals surface area contributed by atoms with Crippen molar-refractivity contribution in [3.8, 4) is 0 Å². The van der Waals surface area contributed by atoms with Crippen LogP contribution in [0.25, 0.3) is 0 Å². The highest BCUT2D eigenvalue weighted by Crippen LogP contribution is 2.39. The molecule has 0 spiro atoms. The Morgan fingerprint density at radius 2 is 1.38 bits per heavy atom. The normalized spacial score (nSPS) is 19.7. The zero-order valence-corrected chi connectivity index (χ0v) is 17.8. The van der Waals surface area contributed by atoms with Crippen LogP contribution in [0.15, 0.2) is 79.0 Å². The first-order chi connectivity index (χ1) is 13.7. The number of aromatic nitrogens is 1. The number of pyridine rings is 1. The smallest absolute Gasteiger partial charge is 0.399 e. The van der Waals surface area contributed by atoms with E-state index >= 15 is 0 Å². The Bertz CT molecular complexity index is 930. The summed E-state index contributed by atoms with van der Waals surface area (Å²) in [5.74, 6) is 0. The summed E-state index contributed by atoms with van der Waals surface area (Å²) in [5.41, 5.74) is 3.28. The Morgan fingerprint density at radius 1 is 0.759 bits per heavy atom. The fraction of sp³-hybridized carbons (Fsp3) is 0.320. The molecule has 1 aliphatic heterocycles. The van der Waals surface area contributed by atoms with Crippen LogP contribution in [0.3, 0.4) is 0 Å². The minimum absolute atomic E-state index is 0.364. The summed E-state index contributed by atoms with van der Waals surface area (Å²) in [6, 6.07) is 25.1. The first-order valence-corrected chi connectivity index (χ1v) is 10.2. The van der Waals surface area contributed by atoms with Crippen LogP contribution in [0.5, 0.6) is 0 Å². The maximum Gasteiger partial charge on any atom is 0.494 e. The molecular formula is C25H28BNO2. The molecule has 0 N–H and O–H groups in total. The van der Waals surface area contributed by atoms with Crippen LogP contribution >= 0.6 is 0 Å². The number of benzene rings is 2. The number of hydrogen-bond acceptors (Lipinski definition) is 3. The van der Waals surface area contributed by atoms with Crippen LogP contribution in [-0.4, -0.2) is 23.3 Å². The van der Waals surface area contributed by atoms with Crippen molar-refractivity contribution in [3.05, 3.63) is 95.8 Å². The van der Waals surface area contributed by atoms with Crippen molar-refractivity contribution >= 4 is 12.6 Å². The molecule has 29 heavy (non-hydrogen) atoms. The fourth-order valence-electron chi connectivity index (χ4n) is 3.87. The van der Waals surface area contributed by atoms with E-state index in [9.17, 15) is 0 Å². The van der Waals surface area contributed by atoms with Crippen molar-refractivity contribution in [2.75, 3.05) is 0 Å². The largest absolute Gasteiger partial charge is 0.494 e. The van der Waals surface area contributed by atoms with E-state index in [2.05, 4.69) is 89.2 Å². The second-order valence-electron chi connectivity index (χ2n) is 8.92. The summed E-state index contributed by atoms with van der Waals surface area (Å²) in [5, 5.41) is 0. The van der Waals surface area contributed by atoms with Gasteiger partial charge in [-0.05, 0) is 63.3 Å². The molecular weight excluding hydrogens is 357 g/mol. The lowest BCUT2D eigenvalue weighted by atomic mass is 9.70. The van der Waals surface area contributed by atoms with E-state index < -0.39 is 0 Å². The third-order valence-corrected chi connectivity index (χ3v) is 6.52. The number of nitrogens with zero attached hydrogens (tertiary/aromatic N) is 1. The molecule has 1 unspecified atom stereocenters. The van der Waals surface area contributed by atoms with Crippen molar-refractivity contribution in [1.29, 1.82) is 0 Å². The van der Waals surface area contributed by atoms with Crippen molar-refractivity contribution in [3.63, 3.8) is 0 Å². The summed E-state index contributed by atoms with van der Waals surface area (Å²) in [6.45, 7) is 10.6. The second-order valence-corrected chi connectivity index (χ2v) is 8.92. The van der Waals surface area contributed by atoms with E-state index in [1.54, 1.807) is 0 Å². The van der Waals surface area contributed by atoms with Crippen LogP contribution in [0, 0.1) is 0 Å². The molecule has 1 aromatic heterocycles. The van der Waals surface area contributed by atoms with Crippen LogP contribution in [-0.2, 0) is 14.7 Å². The number of hydrogen-bond donors (Lipinski definition) is 0. The van der Waals surface area contributed by atoms with Crippen molar-refractivity contribution in [1.82, 2.24) is 4.98 Å². The third-order valence-electron chi connectivity index (χ3n) is 6.52. The van der Waals surface area contributed by atoms with Crippen LogP contribution in [0.2, 0.25) is 0 Å². The SMILES string of the molecule is CC(c1ccccc1)(c1cccc(B2OC(C)(C)C(C)(C)O2)c1)c1ccccn1. The summed E-state index contributed by atoms with van der Waals surface area (Å²) in [4.78, 5) is 4.71. The summed E-state index contributed by atoms with van der Waals surface area (Å²) >= 11 is 0. The minimum Gasteiger partial charge on any atom is -0.399 e. The monoisotopic (exact) mass is 385 g/mol. The molecule has 148 valence electrons. The molecule has 3 aromatic rings. The maximum atomic E-state index is 6.29. The topological polar surface area (TPSA) is 31.4 Å². The summed E-state index contributed by atoms with van der Waals surface area (Å²) in [6.07, 6.45) is 1.86. The number of rotatable bonds is 4. The Balaban J connectivity index is 1.81. The third kappa shape index (κ3) is 3.41. The molecule has 0 saturated carbocycles. The minimum atomic E-state index is -0.387. The van der Waals surface area contributed by atoms with Gasteiger partial charge in [-0.2, -0.15) is 0 Å². The molecule has 0 aliphatic carbocycles. The van der Waals surface area contributed by atoms with E-state index in [0.717, 1.165) is 16.7 Å². The predicted molar refractivity (Wildman–Crippen MR) is 118 cm³/mol. The lowest BCUT2D eigenvalue weighted by Crippen LogP contribution is -2.41. The van der Waals surface area contributed by atoms with Gasteiger partial charge in [0.25, 0.3) is 0 Å². The van der Waals surface area contributed by atoms with Gasteiger partial charge in [-0.15, -0.1) is 0 Å². The standard InChI is InChI=1S/C25H28BNO2/c1-23(2)24(3,4)29-26(28-23)21-15-11-14-20(18-21)25(5,19-12-7-6-8-13-19)22-16-9-10-17-27-22/h6-18H,1-5H3. The molecule has 3 nitrogen and oxygen atoms in total. The van der Waals surface area contributed by atoms with Gasteiger partial charge in [0.2, 0.25) is 0 Å². The van der Waals surface area contributed by atoms with Gasteiger partial charge in [0.15, 0.2) is 0 Å². The molecule has 2 aromatic carbocycles. The lowest BCUT2D eigenvalue weighted by Gasteiger charge is -2.32. The zero-order chi connectivity index (χ0) is 20.7. The van der Waals surface area contributed by atoms with E-state index in [-0.39, 0.29) is 23.7 Å². The van der Waals surface area contributed by atoms with Gasteiger partial charge in [-0.3, -0.25) is 4.98 Å². The molecule has 4 heteroatoms. The molecule has 0 radical (unpaired) electrons. The van der Waals surface area contributed by atoms with Gasteiger partial charge in [-0.25, -0.2) is 0 Å². The Kier molecular flexibility index (Phi) is 4.88. The average Bonchev–Trinajstić information content (AvgIpc) is 2.96. The van der Waals surface area contributed by atoms with Crippen molar-refractivity contribution in [2.45, 2.75) is 51.2 Å². The van der Waals surface area contributed by atoms with Gasteiger partial charge in [-0.1, -0.05) is 60.7 Å². The first-order valence-electron chi connectivity index (χ1n) is 10.2. The van der Waals surface area contributed by atoms with Crippen LogP contribution in [0.4, 0.5) is 0 Å². The average molecular weight is 385 g/mol. The van der Waals surface area contributed by atoms with E-state index in [0.29, 0.717) is 0 Å². The Morgan fingerprint density at radius 3 is 2.00 bits per heavy atom. The van der Waals surface area contributed by atoms with E-state index in [1.807, 2.05) is 24.4 Å². The summed E-state index contributed by atoms with van der Waals surface area (Å²) < 4.78 is 12.6. The van der Waals surface area contributed by atoms with Gasteiger partial charge in [0, 0.05) is 6.20 Å². The highest BCUT2D eigenvalue weighted by Gasteiger charge is 2.51. The molecule has 2 heterocycles. The predicted octanol–water partition coefficient (Wildman–Crippen LogP) is 4.74. The van der Waals surface area contributed by atoms with E-state index in [1.165, 1.54) is 5.56 Å². The van der Waals surface area contributed by atoms with Gasteiger partial charge in [0.1, 0.15) is 0 Å². The van der Waals surface area contributed by atoms with Crippen molar-refractivity contribution in [2.24, 2.45) is 0 Å². The molecule has 1 fully saturated rings.